The lowest BCUT2D eigenvalue weighted by molar-refractivity contribution is 0.135. The van der Waals surface area contributed by atoms with Gasteiger partial charge >= 0.3 is 0 Å². The van der Waals surface area contributed by atoms with E-state index in [4.69, 9.17) is 18.0 Å². The van der Waals surface area contributed by atoms with Crippen molar-refractivity contribution in [3.8, 4) is 0 Å². The Morgan fingerprint density at radius 3 is 2.40 bits per heavy atom. The van der Waals surface area contributed by atoms with Crippen LogP contribution in [-0.2, 0) is 0 Å². The maximum absolute atomic E-state index is 14.1. The van der Waals surface area contributed by atoms with Crippen LogP contribution in [0.15, 0.2) is 12.1 Å². The van der Waals surface area contributed by atoms with Gasteiger partial charge in [-0.2, -0.15) is 0 Å². The Bertz CT molecular complexity index is 511. The molecule has 0 aliphatic carbocycles. The predicted octanol–water partition coefficient (Wildman–Crippen LogP) is 3.19. The first-order valence-corrected chi connectivity index (χ1v) is 7.15. The second-order valence-corrected chi connectivity index (χ2v) is 5.74. The molecule has 1 heterocycles. The highest BCUT2D eigenvalue weighted by Gasteiger charge is 2.26. The average Bonchev–Trinajstić information content (AvgIpc) is 2.38. The van der Waals surface area contributed by atoms with Gasteiger partial charge in [-0.05, 0) is 38.8 Å². The molecule has 1 fully saturated rings. The number of piperidine rings is 1. The number of hydrazine groups is 1. The van der Waals surface area contributed by atoms with E-state index in [1.807, 2.05) is 5.01 Å². The van der Waals surface area contributed by atoms with Gasteiger partial charge < -0.3 is 11.2 Å². The molecule has 2 atom stereocenters. The van der Waals surface area contributed by atoms with E-state index in [1.54, 1.807) is 0 Å². The zero-order chi connectivity index (χ0) is 14.9. The SMILES string of the molecule is CC1CCCC(C)N1Nc1ccc(C(N)=S)c(F)c1F. The van der Waals surface area contributed by atoms with Crippen LogP contribution in [0.4, 0.5) is 14.5 Å². The van der Waals surface area contributed by atoms with Crippen LogP contribution in [0.1, 0.15) is 38.7 Å². The van der Waals surface area contributed by atoms with Gasteiger partial charge in [0.25, 0.3) is 0 Å². The Kier molecular flexibility index (Phi) is 4.55. The first-order valence-electron chi connectivity index (χ1n) is 6.74. The number of anilines is 1. The number of halogens is 2. The molecule has 3 N–H and O–H groups in total. The van der Waals surface area contributed by atoms with Gasteiger partial charge in [0.1, 0.15) is 4.99 Å². The van der Waals surface area contributed by atoms with Gasteiger partial charge in [0.05, 0.1) is 5.69 Å². The average molecular weight is 299 g/mol. The second-order valence-electron chi connectivity index (χ2n) is 5.30. The molecule has 1 aliphatic heterocycles. The van der Waals surface area contributed by atoms with Gasteiger partial charge in [0, 0.05) is 17.6 Å². The summed E-state index contributed by atoms with van der Waals surface area (Å²) in [4.78, 5) is -0.146. The second kappa shape index (κ2) is 6.01. The zero-order valence-electron chi connectivity index (χ0n) is 11.6. The monoisotopic (exact) mass is 299 g/mol. The highest BCUT2D eigenvalue weighted by atomic mass is 32.1. The maximum Gasteiger partial charge on any atom is 0.183 e. The van der Waals surface area contributed by atoms with Gasteiger partial charge in [-0.3, -0.25) is 0 Å². The number of hydrogen-bond acceptors (Lipinski definition) is 3. The van der Waals surface area contributed by atoms with Crippen LogP contribution in [0, 0.1) is 11.6 Å². The Balaban J connectivity index is 2.25. The molecule has 0 radical (unpaired) electrons. The largest absolute Gasteiger partial charge is 0.389 e. The Morgan fingerprint density at radius 2 is 1.85 bits per heavy atom. The zero-order valence-corrected chi connectivity index (χ0v) is 12.4. The third kappa shape index (κ3) is 2.91. The molecule has 1 aliphatic rings. The van der Waals surface area contributed by atoms with Crippen molar-refractivity contribution < 1.29 is 8.78 Å². The molecule has 110 valence electrons. The standard InChI is InChI=1S/C14H19F2N3S/c1-8-4-3-5-9(2)19(8)18-11-7-6-10(14(17)20)12(15)13(11)16/h6-9,18H,3-5H2,1-2H3,(H2,17,20). The number of nitrogens with one attached hydrogen (secondary N) is 1. The van der Waals surface area contributed by atoms with E-state index < -0.39 is 11.6 Å². The summed E-state index contributed by atoms with van der Waals surface area (Å²) in [5.41, 5.74) is 8.39. The Labute approximate surface area is 123 Å². The summed E-state index contributed by atoms with van der Waals surface area (Å²) in [5.74, 6) is -1.94. The number of hydrogen-bond donors (Lipinski definition) is 2. The van der Waals surface area contributed by atoms with Gasteiger partial charge in [0.2, 0.25) is 0 Å². The van der Waals surface area contributed by atoms with E-state index in [0.717, 1.165) is 19.3 Å². The van der Waals surface area contributed by atoms with Gasteiger partial charge in [-0.1, -0.05) is 18.6 Å². The minimum absolute atomic E-state index is 0.0669. The molecule has 0 amide bonds. The van der Waals surface area contributed by atoms with Crippen molar-refractivity contribution in [2.24, 2.45) is 5.73 Å². The third-order valence-corrected chi connectivity index (χ3v) is 4.01. The van der Waals surface area contributed by atoms with Gasteiger partial charge in [-0.25, -0.2) is 13.8 Å². The van der Waals surface area contributed by atoms with Crippen LogP contribution >= 0.6 is 12.2 Å². The summed E-state index contributed by atoms with van der Waals surface area (Å²) in [7, 11) is 0. The van der Waals surface area contributed by atoms with Crippen LogP contribution in [0.2, 0.25) is 0 Å². The fourth-order valence-corrected chi connectivity index (χ4v) is 2.76. The smallest absolute Gasteiger partial charge is 0.183 e. The quantitative estimate of drug-likeness (QED) is 0.841. The molecule has 0 aromatic heterocycles. The topological polar surface area (TPSA) is 41.3 Å². The Hall–Kier alpha value is -1.27. The van der Waals surface area contributed by atoms with Crippen LogP contribution < -0.4 is 11.2 Å². The summed E-state index contributed by atoms with van der Waals surface area (Å²) in [5, 5.41) is 1.97. The first-order chi connectivity index (χ1) is 9.41. The van der Waals surface area contributed by atoms with Crippen LogP contribution in [-0.4, -0.2) is 22.1 Å². The third-order valence-electron chi connectivity index (χ3n) is 3.79. The molecule has 2 rings (SSSR count). The van der Waals surface area contributed by atoms with E-state index >= 15 is 0 Å². The minimum Gasteiger partial charge on any atom is -0.389 e. The van der Waals surface area contributed by atoms with Crippen molar-refractivity contribution in [1.82, 2.24) is 5.01 Å². The lowest BCUT2D eigenvalue weighted by Gasteiger charge is -2.39. The van der Waals surface area contributed by atoms with E-state index in [9.17, 15) is 8.78 Å². The molecule has 3 nitrogen and oxygen atoms in total. The summed E-state index contributed by atoms with van der Waals surface area (Å²) in [6.45, 7) is 4.14. The molecular weight excluding hydrogens is 280 g/mol. The number of nitrogens with two attached hydrogens (primary N) is 1. The molecule has 1 aromatic rings. The van der Waals surface area contributed by atoms with Crippen molar-refractivity contribution >= 4 is 22.9 Å². The molecule has 1 aromatic carbocycles. The van der Waals surface area contributed by atoms with E-state index in [2.05, 4.69) is 19.3 Å². The molecule has 20 heavy (non-hydrogen) atoms. The molecular formula is C14H19F2N3S. The minimum atomic E-state index is -1.00. The Morgan fingerprint density at radius 1 is 1.25 bits per heavy atom. The lowest BCUT2D eigenvalue weighted by atomic mass is 10.00. The summed E-state index contributed by atoms with van der Waals surface area (Å²) >= 11 is 4.69. The number of nitrogens with zero attached hydrogens (tertiary/aromatic N) is 1. The van der Waals surface area contributed by atoms with Crippen molar-refractivity contribution in [3.05, 3.63) is 29.3 Å². The first kappa shape index (κ1) is 15.1. The van der Waals surface area contributed by atoms with E-state index in [0.29, 0.717) is 0 Å². The molecule has 0 spiro atoms. The molecule has 0 bridgehead atoms. The van der Waals surface area contributed by atoms with Crippen molar-refractivity contribution in [2.45, 2.75) is 45.2 Å². The maximum atomic E-state index is 14.1. The van der Waals surface area contributed by atoms with Gasteiger partial charge in [0.15, 0.2) is 11.6 Å². The predicted molar refractivity (Wildman–Crippen MR) is 80.5 cm³/mol. The highest BCUT2D eigenvalue weighted by Crippen LogP contribution is 2.26. The molecule has 2 unspecified atom stereocenters. The molecule has 6 heteroatoms. The lowest BCUT2D eigenvalue weighted by Crippen LogP contribution is -2.47. The summed E-state index contributed by atoms with van der Waals surface area (Å²) < 4.78 is 27.9. The summed E-state index contributed by atoms with van der Waals surface area (Å²) in [6.07, 6.45) is 3.22. The van der Waals surface area contributed by atoms with Crippen LogP contribution in [0.3, 0.4) is 0 Å². The van der Waals surface area contributed by atoms with E-state index in [1.165, 1.54) is 12.1 Å². The number of benzene rings is 1. The fourth-order valence-electron chi connectivity index (χ4n) is 2.61. The van der Waals surface area contributed by atoms with Crippen molar-refractivity contribution in [1.29, 1.82) is 0 Å². The molecule has 0 saturated carbocycles. The molecule has 1 saturated heterocycles. The van der Waals surface area contributed by atoms with Gasteiger partial charge in [-0.15, -0.1) is 0 Å². The van der Waals surface area contributed by atoms with Crippen LogP contribution in [0.25, 0.3) is 0 Å². The van der Waals surface area contributed by atoms with Crippen LogP contribution in [0.5, 0.6) is 0 Å². The normalized spacial score (nSPS) is 23.6. The highest BCUT2D eigenvalue weighted by molar-refractivity contribution is 7.80. The van der Waals surface area contributed by atoms with Crippen molar-refractivity contribution in [2.75, 3.05) is 5.43 Å². The summed E-state index contributed by atoms with van der Waals surface area (Å²) in [6, 6.07) is 3.43. The fraction of sp³-hybridized carbons (Fsp3) is 0.500. The number of rotatable bonds is 3. The number of thiocarbonyl (C=S) groups is 1. The van der Waals surface area contributed by atoms with Crippen molar-refractivity contribution in [3.63, 3.8) is 0 Å². The van der Waals surface area contributed by atoms with E-state index in [-0.39, 0.29) is 28.3 Å².